The lowest BCUT2D eigenvalue weighted by atomic mass is 10.1. The van der Waals surface area contributed by atoms with Crippen LogP contribution in [0.25, 0.3) is 10.6 Å². The number of anilines is 1. The van der Waals surface area contributed by atoms with E-state index in [1.54, 1.807) is 0 Å². The number of carbonyl (C=O) groups excluding carboxylic acids is 2. The lowest BCUT2D eigenvalue weighted by Gasteiger charge is -2.11. The van der Waals surface area contributed by atoms with Crippen molar-refractivity contribution in [2.45, 2.75) is 6.42 Å². The number of ether oxygens (including phenoxy) is 1. The van der Waals surface area contributed by atoms with Crippen LogP contribution < -0.4 is 4.90 Å². The van der Waals surface area contributed by atoms with Crippen molar-refractivity contribution in [3.05, 3.63) is 30.3 Å². The summed E-state index contributed by atoms with van der Waals surface area (Å²) in [6, 6.07) is 9.65. The van der Waals surface area contributed by atoms with Crippen molar-refractivity contribution in [1.29, 1.82) is 0 Å². The number of carbonyl (C=O) groups is 2. The second-order valence-corrected chi connectivity index (χ2v) is 5.64. The molecule has 1 aliphatic rings. The summed E-state index contributed by atoms with van der Waals surface area (Å²) in [4.78, 5) is 25.0. The van der Waals surface area contributed by atoms with Crippen molar-refractivity contribution in [1.82, 2.24) is 10.2 Å². The average Bonchev–Trinajstić information content (AvgIpc) is 3.14. The Morgan fingerprint density at radius 1 is 1.33 bits per heavy atom. The van der Waals surface area contributed by atoms with Crippen LogP contribution in [-0.4, -0.2) is 35.7 Å². The maximum absolute atomic E-state index is 12.0. The summed E-state index contributed by atoms with van der Waals surface area (Å²) in [5, 5.41) is 9.45. The Morgan fingerprint density at radius 2 is 2.10 bits per heavy atom. The number of hydrogen-bond donors (Lipinski definition) is 0. The van der Waals surface area contributed by atoms with Crippen LogP contribution in [0.2, 0.25) is 0 Å². The summed E-state index contributed by atoms with van der Waals surface area (Å²) in [7, 11) is 1.33. The minimum absolute atomic E-state index is 0.124. The molecule has 1 saturated heterocycles. The van der Waals surface area contributed by atoms with E-state index in [0.29, 0.717) is 11.7 Å². The summed E-state index contributed by atoms with van der Waals surface area (Å²) >= 11 is 1.34. The van der Waals surface area contributed by atoms with Gasteiger partial charge in [-0.25, -0.2) is 0 Å². The number of hydrogen-bond acceptors (Lipinski definition) is 6. The second-order valence-electron chi connectivity index (χ2n) is 4.68. The molecule has 1 fully saturated rings. The number of esters is 1. The molecule has 1 aromatic carbocycles. The lowest BCUT2D eigenvalue weighted by molar-refractivity contribution is -0.145. The Kier molecular flexibility index (Phi) is 3.66. The van der Waals surface area contributed by atoms with Crippen LogP contribution in [0, 0.1) is 5.92 Å². The van der Waals surface area contributed by atoms with Gasteiger partial charge in [0.05, 0.1) is 13.0 Å². The molecule has 0 spiro atoms. The summed E-state index contributed by atoms with van der Waals surface area (Å²) in [6.45, 7) is 0.301. The van der Waals surface area contributed by atoms with E-state index in [9.17, 15) is 9.59 Å². The van der Waals surface area contributed by atoms with Crippen molar-refractivity contribution in [2.24, 2.45) is 5.92 Å². The molecule has 1 unspecified atom stereocenters. The van der Waals surface area contributed by atoms with Gasteiger partial charge in [0.25, 0.3) is 0 Å². The zero-order valence-corrected chi connectivity index (χ0v) is 12.2. The zero-order valence-electron chi connectivity index (χ0n) is 11.4. The molecule has 0 bridgehead atoms. The van der Waals surface area contributed by atoms with Crippen LogP contribution in [0.5, 0.6) is 0 Å². The number of rotatable bonds is 3. The van der Waals surface area contributed by atoms with E-state index < -0.39 is 5.92 Å². The Balaban J connectivity index is 1.81. The van der Waals surface area contributed by atoms with Gasteiger partial charge in [-0.1, -0.05) is 41.7 Å². The highest BCUT2D eigenvalue weighted by molar-refractivity contribution is 7.18. The average molecular weight is 303 g/mol. The van der Waals surface area contributed by atoms with Gasteiger partial charge < -0.3 is 4.74 Å². The van der Waals surface area contributed by atoms with Gasteiger partial charge >= 0.3 is 5.97 Å². The molecule has 1 aromatic heterocycles. The zero-order chi connectivity index (χ0) is 14.8. The first kappa shape index (κ1) is 13.7. The van der Waals surface area contributed by atoms with Gasteiger partial charge in [0, 0.05) is 18.5 Å². The molecule has 7 heteroatoms. The summed E-state index contributed by atoms with van der Waals surface area (Å²) < 4.78 is 4.69. The highest BCUT2D eigenvalue weighted by Gasteiger charge is 2.37. The van der Waals surface area contributed by atoms with Crippen molar-refractivity contribution >= 4 is 28.3 Å². The van der Waals surface area contributed by atoms with E-state index in [-0.39, 0.29) is 18.3 Å². The second kappa shape index (κ2) is 5.61. The van der Waals surface area contributed by atoms with Crippen molar-refractivity contribution in [2.75, 3.05) is 18.6 Å². The molecule has 3 rings (SSSR count). The molecule has 0 saturated carbocycles. The van der Waals surface area contributed by atoms with E-state index in [1.165, 1.54) is 23.3 Å². The fourth-order valence-electron chi connectivity index (χ4n) is 2.24. The highest BCUT2D eigenvalue weighted by atomic mass is 32.1. The summed E-state index contributed by atoms with van der Waals surface area (Å²) in [6.07, 6.45) is 0.160. The first-order chi connectivity index (χ1) is 10.2. The van der Waals surface area contributed by atoms with Crippen LogP contribution >= 0.6 is 11.3 Å². The molecule has 2 aromatic rings. The fourth-order valence-corrected chi connectivity index (χ4v) is 3.12. The van der Waals surface area contributed by atoms with Gasteiger partial charge in [-0.3, -0.25) is 14.5 Å². The van der Waals surface area contributed by atoms with Crippen LogP contribution in [0.1, 0.15) is 6.42 Å². The topological polar surface area (TPSA) is 72.4 Å². The summed E-state index contributed by atoms with van der Waals surface area (Å²) in [5.74, 6) is -0.911. The van der Waals surface area contributed by atoms with E-state index in [2.05, 4.69) is 10.2 Å². The molecule has 108 valence electrons. The molecular formula is C14H13N3O3S. The Hall–Kier alpha value is -2.28. The molecule has 2 heterocycles. The molecule has 1 amide bonds. The minimum Gasteiger partial charge on any atom is -0.469 e. The highest BCUT2D eigenvalue weighted by Crippen LogP contribution is 2.32. The van der Waals surface area contributed by atoms with Crippen LogP contribution in [0.4, 0.5) is 5.13 Å². The quantitative estimate of drug-likeness (QED) is 0.807. The van der Waals surface area contributed by atoms with Gasteiger partial charge in [-0.05, 0) is 0 Å². The Labute approximate surface area is 125 Å². The molecule has 0 radical (unpaired) electrons. The summed E-state index contributed by atoms with van der Waals surface area (Å²) in [5.41, 5.74) is 0.956. The predicted molar refractivity (Wildman–Crippen MR) is 77.8 cm³/mol. The van der Waals surface area contributed by atoms with Crippen molar-refractivity contribution in [3.63, 3.8) is 0 Å². The van der Waals surface area contributed by atoms with Gasteiger partial charge in [-0.15, -0.1) is 10.2 Å². The van der Waals surface area contributed by atoms with E-state index in [4.69, 9.17) is 4.74 Å². The van der Waals surface area contributed by atoms with E-state index in [0.717, 1.165) is 10.6 Å². The first-order valence-electron chi connectivity index (χ1n) is 6.46. The normalized spacial score (nSPS) is 18.0. The first-order valence-corrected chi connectivity index (χ1v) is 7.28. The largest absolute Gasteiger partial charge is 0.469 e. The van der Waals surface area contributed by atoms with E-state index in [1.807, 2.05) is 30.3 Å². The van der Waals surface area contributed by atoms with E-state index >= 15 is 0 Å². The molecule has 21 heavy (non-hydrogen) atoms. The number of amides is 1. The van der Waals surface area contributed by atoms with Crippen LogP contribution in [-0.2, 0) is 14.3 Å². The van der Waals surface area contributed by atoms with Gasteiger partial charge in [0.2, 0.25) is 11.0 Å². The molecule has 6 nitrogen and oxygen atoms in total. The predicted octanol–water partition coefficient (Wildman–Crippen LogP) is 1.73. The van der Waals surface area contributed by atoms with Crippen molar-refractivity contribution in [3.8, 4) is 10.6 Å². The lowest BCUT2D eigenvalue weighted by Crippen LogP contribution is -2.26. The third kappa shape index (κ3) is 2.64. The number of aromatic nitrogens is 2. The third-order valence-electron chi connectivity index (χ3n) is 3.33. The smallest absolute Gasteiger partial charge is 0.311 e. The SMILES string of the molecule is COC(=O)C1CC(=O)N(c2nnc(-c3ccccc3)s2)C1. The molecule has 0 aliphatic carbocycles. The van der Waals surface area contributed by atoms with Gasteiger partial charge in [0.1, 0.15) is 5.01 Å². The monoisotopic (exact) mass is 303 g/mol. The Bertz CT molecular complexity index is 671. The third-order valence-corrected chi connectivity index (χ3v) is 4.32. The van der Waals surface area contributed by atoms with Crippen LogP contribution in [0.3, 0.4) is 0 Å². The maximum Gasteiger partial charge on any atom is 0.311 e. The van der Waals surface area contributed by atoms with Gasteiger partial charge in [0.15, 0.2) is 0 Å². The molecular weight excluding hydrogens is 290 g/mol. The van der Waals surface area contributed by atoms with Crippen molar-refractivity contribution < 1.29 is 14.3 Å². The molecule has 0 N–H and O–H groups in total. The molecule has 1 aliphatic heterocycles. The van der Waals surface area contributed by atoms with Gasteiger partial charge in [-0.2, -0.15) is 0 Å². The molecule has 1 atom stereocenters. The minimum atomic E-state index is -0.424. The fraction of sp³-hybridized carbons (Fsp3) is 0.286. The number of benzene rings is 1. The Morgan fingerprint density at radius 3 is 2.81 bits per heavy atom. The van der Waals surface area contributed by atoms with Crippen LogP contribution in [0.15, 0.2) is 30.3 Å². The standard InChI is InChI=1S/C14H13N3O3S/c1-20-13(19)10-7-11(18)17(8-10)14-16-15-12(21-14)9-5-3-2-4-6-9/h2-6,10H,7-8H2,1H3. The number of nitrogens with zero attached hydrogens (tertiary/aromatic N) is 3. The number of methoxy groups -OCH3 is 1. The maximum atomic E-state index is 12.0.